The topological polar surface area (TPSA) is 55.1 Å². The zero-order chi connectivity index (χ0) is 14.2. The lowest BCUT2D eigenvalue weighted by molar-refractivity contribution is 0.364. The van der Waals surface area contributed by atoms with E-state index >= 15 is 0 Å². The molecule has 1 aliphatic carbocycles. The van der Waals surface area contributed by atoms with Crippen LogP contribution in [-0.4, -0.2) is 28.2 Å². The molecule has 2 aromatic rings. The quantitative estimate of drug-likeness (QED) is 0.813. The van der Waals surface area contributed by atoms with Gasteiger partial charge in [0, 0.05) is 24.9 Å². The smallest absolute Gasteiger partial charge is 0.229 e. The van der Waals surface area contributed by atoms with Crippen LogP contribution in [0, 0.1) is 5.95 Å². The zero-order valence-corrected chi connectivity index (χ0v) is 11.7. The lowest BCUT2D eigenvalue weighted by Gasteiger charge is -2.31. The summed E-state index contributed by atoms with van der Waals surface area (Å²) in [7, 11) is 0. The molecule has 0 N–H and O–H groups in total. The Labute approximate surface area is 122 Å². The van der Waals surface area contributed by atoms with Crippen LogP contribution in [0.3, 0.4) is 0 Å². The third kappa shape index (κ3) is 2.62. The minimum absolute atomic E-state index is 0.339. The van der Waals surface area contributed by atoms with Crippen molar-refractivity contribution in [2.45, 2.75) is 37.5 Å². The molecule has 0 bridgehead atoms. The molecule has 0 unspecified atom stereocenters. The summed E-state index contributed by atoms with van der Waals surface area (Å²) in [6.45, 7) is 1.68. The fourth-order valence-electron chi connectivity index (χ4n) is 2.85. The SMILES string of the molecule is Fc1cccc(N2CCC(c3noc(C4CC4)n3)CC2)n1. The number of hydrogen-bond donors (Lipinski definition) is 0. The van der Waals surface area contributed by atoms with Gasteiger partial charge in [0.25, 0.3) is 0 Å². The van der Waals surface area contributed by atoms with Gasteiger partial charge in [0.1, 0.15) is 5.82 Å². The van der Waals surface area contributed by atoms with Crippen LogP contribution in [0.25, 0.3) is 0 Å². The van der Waals surface area contributed by atoms with E-state index in [1.165, 1.54) is 18.9 Å². The second-order valence-corrected chi connectivity index (χ2v) is 5.84. The van der Waals surface area contributed by atoms with Crippen LogP contribution in [0.4, 0.5) is 10.2 Å². The molecular weight excluding hydrogens is 271 g/mol. The van der Waals surface area contributed by atoms with Crippen LogP contribution in [0.1, 0.15) is 49.2 Å². The first-order chi connectivity index (χ1) is 10.3. The third-order valence-electron chi connectivity index (χ3n) is 4.27. The van der Waals surface area contributed by atoms with E-state index in [1.807, 2.05) is 6.07 Å². The molecule has 0 atom stereocenters. The van der Waals surface area contributed by atoms with E-state index in [0.717, 1.165) is 37.6 Å². The van der Waals surface area contributed by atoms with Gasteiger partial charge in [0.15, 0.2) is 5.82 Å². The normalized spacial score (nSPS) is 20.0. The summed E-state index contributed by atoms with van der Waals surface area (Å²) in [6.07, 6.45) is 4.24. The molecule has 1 saturated heterocycles. The Balaban J connectivity index is 1.41. The van der Waals surface area contributed by atoms with Gasteiger partial charge < -0.3 is 9.42 Å². The number of pyridine rings is 1. The van der Waals surface area contributed by atoms with Gasteiger partial charge in [-0.3, -0.25) is 0 Å². The van der Waals surface area contributed by atoms with Crippen molar-refractivity contribution in [3.8, 4) is 0 Å². The average Bonchev–Trinajstić information content (AvgIpc) is 3.25. The Hall–Kier alpha value is -1.98. The number of aromatic nitrogens is 3. The Morgan fingerprint density at radius 3 is 2.57 bits per heavy atom. The summed E-state index contributed by atoms with van der Waals surface area (Å²) in [5.74, 6) is 2.76. The lowest BCUT2D eigenvalue weighted by Crippen LogP contribution is -2.33. The first kappa shape index (κ1) is 12.7. The van der Waals surface area contributed by atoms with Crippen molar-refractivity contribution >= 4 is 5.82 Å². The van der Waals surface area contributed by atoms with E-state index in [1.54, 1.807) is 6.07 Å². The van der Waals surface area contributed by atoms with Crippen molar-refractivity contribution in [1.29, 1.82) is 0 Å². The molecule has 1 saturated carbocycles. The van der Waals surface area contributed by atoms with E-state index in [-0.39, 0.29) is 0 Å². The molecule has 3 heterocycles. The predicted octanol–water partition coefficient (Wildman–Crippen LogP) is 2.87. The van der Waals surface area contributed by atoms with Gasteiger partial charge in [-0.05, 0) is 37.8 Å². The molecule has 5 nitrogen and oxygen atoms in total. The maximum Gasteiger partial charge on any atom is 0.229 e. The summed E-state index contributed by atoms with van der Waals surface area (Å²) < 4.78 is 18.5. The molecule has 2 aliphatic rings. The standard InChI is InChI=1S/C15H17FN4O/c16-12-2-1-3-13(17-12)20-8-6-10(7-9-20)14-18-15(21-19-14)11-4-5-11/h1-3,10-11H,4-9H2. The molecule has 0 radical (unpaired) electrons. The highest BCUT2D eigenvalue weighted by Crippen LogP contribution is 2.39. The number of hydrogen-bond acceptors (Lipinski definition) is 5. The van der Waals surface area contributed by atoms with Crippen LogP contribution in [0.5, 0.6) is 0 Å². The molecule has 0 spiro atoms. The summed E-state index contributed by atoms with van der Waals surface area (Å²) in [5, 5.41) is 4.13. The number of nitrogens with zero attached hydrogens (tertiary/aromatic N) is 4. The fourth-order valence-corrected chi connectivity index (χ4v) is 2.85. The largest absolute Gasteiger partial charge is 0.356 e. The lowest BCUT2D eigenvalue weighted by atomic mass is 9.96. The van der Waals surface area contributed by atoms with Crippen molar-refractivity contribution < 1.29 is 8.91 Å². The molecule has 110 valence electrons. The van der Waals surface area contributed by atoms with E-state index in [4.69, 9.17) is 4.52 Å². The fraction of sp³-hybridized carbons (Fsp3) is 0.533. The third-order valence-corrected chi connectivity index (χ3v) is 4.27. The molecule has 6 heteroatoms. The molecule has 2 aromatic heterocycles. The van der Waals surface area contributed by atoms with Crippen LogP contribution >= 0.6 is 0 Å². The van der Waals surface area contributed by atoms with Gasteiger partial charge in [-0.15, -0.1) is 0 Å². The number of piperidine rings is 1. The summed E-state index contributed by atoms with van der Waals surface area (Å²) >= 11 is 0. The first-order valence-corrected chi connectivity index (χ1v) is 7.50. The van der Waals surface area contributed by atoms with E-state index in [9.17, 15) is 4.39 Å². The molecule has 2 fully saturated rings. The van der Waals surface area contributed by atoms with Crippen molar-refractivity contribution in [2.75, 3.05) is 18.0 Å². The second kappa shape index (κ2) is 5.09. The minimum Gasteiger partial charge on any atom is -0.356 e. The minimum atomic E-state index is -0.429. The average molecular weight is 288 g/mol. The van der Waals surface area contributed by atoms with Gasteiger partial charge in [0.05, 0.1) is 0 Å². The van der Waals surface area contributed by atoms with Crippen LogP contribution in [-0.2, 0) is 0 Å². The Bertz CT molecular complexity index is 632. The van der Waals surface area contributed by atoms with Crippen molar-refractivity contribution in [2.24, 2.45) is 0 Å². The van der Waals surface area contributed by atoms with Crippen LogP contribution < -0.4 is 4.90 Å². The highest BCUT2D eigenvalue weighted by Gasteiger charge is 2.32. The maximum absolute atomic E-state index is 13.2. The number of halogens is 1. The van der Waals surface area contributed by atoms with Gasteiger partial charge in [-0.2, -0.15) is 9.37 Å². The Morgan fingerprint density at radius 2 is 1.86 bits per heavy atom. The molecule has 0 amide bonds. The van der Waals surface area contributed by atoms with E-state index in [2.05, 4.69) is 20.0 Å². The van der Waals surface area contributed by atoms with E-state index < -0.39 is 5.95 Å². The highest BCUT2D eigenvalue weighted by atomic mass is 19.1. The monoisotopic (exact) mass is 288 g/mol. The number of rotatable bonds is 3. The second-order valence-electron chi connectivity index (χ2n) is 5.84. The van der Waals surface area contributed by atoms with Crippen molar-refractivity contribution in [3.05, 3.63) is 35.9 Å². The van der Waals surface area contributed by atoms with Crippen LogP contribution in [0.2, 0.25) is 0 Å². The van der Waals surface area contributed by atoms with Gasteiger partial charge in [-0.1, -0.05) is 11.2 Å². The predicted molar refractivity (Wildman–Crippen MR) is 74.7 cm³/mol. The summed E-state index contributed by atoms with van der Waals surface area (Å²) in [4.78, 5) is 10.6. The summed E-state index contributed by atoms with van der Waals surface area (Å²) in [5.41, 5.74) is 0. The van der Waals surface area contributed by atoms with Crippen molar-refractivity contribution in [1.82, 2.24) is 15.1 Å². The highest BCUT2D eigenvalue weighted by molar-refractivity contribution is 5.38. The molecule has 21 heavy (non-hydrogen) atoms. The first-order valence-electron chi connectivity index (χ1n) is 7.50. The Kier molecular flexibility index (Phi) is 3.09. The zero-order valence-electron chi connectivity index (χ0n) is 11.7. The number of anilines is 1. The molecule has 0 aromatic carbocycles. The maximum atomic E-state index is 13.2. The Morgan fingerprint density at radius 1 is 1.05 bits per heavy atom. The van der Waals surface area contributed by atoms with Gasteiger partial charge in [-0.25, -0.2) is 4.98 Å². The van der Waals surface area contributed by atoms with Gasteiger partial charge >= 0.3 is 0 Å². The van der Waals surface area contributed by atoms with Gasteiger partial charge in [0.2, 0.25) is 11.8 Å². The molecular formula is C15H17FN4O. The molecule has 4 rings (SSSR count). The van der Waals surface area contributed by atoms with Crippen molar-refractivity contribution in [3.63, 3.8) is 0 Å². The van der Waals surface area contributed by atoms with Crippen LogP contribution in [0.15, 0.2) is 22.7 Å². The molecule has 1 aliphatic heterocycles. The summed E-state index contributed by atoms with van der Waals surface area (Å²) in [6, 6.07) is 4.92. The van der Waals surface area contributed by atoms with E-state index in [0.29, 0.717) is 17.7 Å².